The highest BCUT2D eigenvalue weighted by Gasteiger charge is 2.16. The van der Waals surface area contributed by atoms with E-state index in [4.69, 9.17) is 27.7 Å². The second-order valence-corrected chi connectivity index (χ2v) is 6.04. The topological polar surface area (TPSA) is 87.1 Å². The Labute approximate surface area is 131 Å². The van der Waals surface area contributed by atoms with Crippen molar-refractivity contribution in [1.29, 1.82) is 5.26 Å². The molecular formula is C15H13ClN2O2S. The van der Waals surface area contributed by atoms with Crippen LogP contribution in [-0.2, 0) is 4.79 Å². The van der Waals surface area contributed by atoms with Crippen molar-refractivity contribution in [2.75, 3.05) is 6.54 Å². The van der Waals surface area contributed by atoms with Crippen LogP contribution in [0.15, 0.2) is 30.3 Å². The van der Waals surface area contributed by atoms with Crippen molar-refractivity contribution in [1.82, 2.24) is 0 Å². The number of benzene rings is 1. The summed E-state index contributed by atoms with van der Waals surface area (Å²) < 4.78 is 0. The third kappa shape index (κ3) is 3.61. The van der Waals surface area contributed by atoms with E-state index in [-0.39, 0.29) is 18.9 Å². The molecule has 3 N–H and O–H groups in total. The molecular weight excluding hydrogens is 308 g/mol. The van der Waals surface area contributed by atoms with E-state index in [0.29, 0.717) is 9.90 Å². The molecule has 0 saturated heterocycles. The maximum Gasteiger partial charge on any atom is 0.304 e. The number of aliphatic carboxylic acids is 1. The smallest absolute Gasteiger partial charge is 0.304 e. The number of hydrogen-bond donors (Lipinski definition) is 2. The molecule has 2 aromatic rings. The first-order valence-corrected chi connectivity index (χ1v) is 7.46. The second kappa shape index (κ2) is 6.72. The molecule has 0 bridgehead atoms. The van der Waals surface area contributed by atoms with Crippen molar-refractivity contribution in [2.45, 2.75) is 12.3 Å². The van der Waals surface area contributed by atoms with E-state index in [1.165, 1.54) is 11.3 Å². The molecule has 0 amide bonds. The van der Waals surface area contributed by atoms with Gasteiger partial charge in [0.25, 0.3) is 0 Å². The van der Waals surface area contributed by atoms with Gasteiger partial charge in [-0.1, -0.05) is 17.7 Å². The van der Waals surface area contributed by atoms with E-state index in [2.05, 4.69) is 6.07 Å². The summed E-state index contributed by atoms with van der Waals surface area (Å²) in [6, 6.07) is 11.1. The number of halogens is 1. The Morgan fingerprint density at radius 1 is 1.43 bits per heavy atom. The van der Waals surface area contributed by atoms with Crippen LogP contribution in [0.4, 0.5) is 0 Å². The van der Waals surface area contributed by atoms with Crippen LogP contribution in [0.5, 0.6) is 0 Å². The van der Waals surface area contributed by atoms with Crippen LogP contribution in [0.1, 0.15) is 22.8 Å². The van der Waals surface area contributed by atoms with E-state index < -0.39 is 5.97 Å². The van der Waals surface area contributed by atoms with Crippen LogP contribution in [0.2, 0.25) is 5.02 Å². The average molecular weight is 321 g/mol. The number of nitrogens with two attached hydrogens (primary N) is 1. The molecule has 4 nitrogen and oxygen atoms in total. The minimum atomic E-state index is -0.884. The van der Waals surface area contributed by atoms with E-state index in [0.717, 1.165) is 16.0 Å². The minimum absolute atomic E-state index is 0.0224. The molecule has 0 aliphatic heterocycles. The predicted octanol–water partition coefficient (Wildman–Crippen LogP) is 3.46. The first kappa shape index (κ1) is 15.5. The molecule has 0 unspecified atom stereocenters. The quantitative estimate of drug-likeness (QED) is 0.883. The lowest BCUT2D eigenvalue weighted by atomic mass is 9.94. The molecule has 1 heterocycles. The predicted molar refractivity (Wildman–Crippen MR) is 83.5 cm³/mol. The number of carboxylic acid groups (broad SMARTS) is 1. The summed E-state index contributed by atoms with van der Waals surface area (Å²) in [4.78, 5) is 12.4. The number of nitriles is 1. The van der Waals surface area contributed by atoms with Crippen molar-refractivity contribution in [3.63, 3.8) is 0 Å². The van der Waals surface area contributed by atoms with Crippen molar-refractivity contribution in [3.8, 4) is 16.5 Å². The fourth-order valence-corrected chi connectivity index (χ4v) is 3.19. The summed E-state index contributed by atoms with van der Waals surface area (Å²) >= 11 is 7.56. The number of thiophene rings is 1. The standard InChI is InChI=1S/C15H13ClN2O2S/c16-13-3-1-9(10(7-17)6-15(19)20)5-12(13)14-4-2-11(8-18)21-14/h1-5,10H,6-7,17H2,(H,19,20)/t10-/m0/s1. The maximum atomic E-state index is 10.9. The van der Waals surface area contributed by atoms with Gasteiger partial charge in [-0.25, -0.2) is 0 Å². The molecule has 1 aromatic carbocycles. The molecule has 0 radical (unpaired) electrons. The molecule has 0 saturated carbocycles. The van der Waals surface area contributed by atoms with E-state index in [9.17, 15) is 4.79 Å². The summed E-state index contributed by atoms with van der Waals surface area (Å²) in [5.74, 6) is -1.14. The van der Waals surface area contributed by atoms with Gasteiger partial charge in [0.15, 0.2) is 0 Å². The van der Waals surface area contributed by atoms with E-state index >= 15 is 0 Å². The van der Waals surface area contributed by atoms with Gasteiger partial charge in [0.2, 0.25) is 0 Å². The number of hydrogen-bond acceptors (Lipinski definition) is 4. The Balaban J connectivity index is 2.41. The van der Waals surface area contributed by atoms with Gasteiger partial charge in [0, 0.05) is 21.4 Å². The highest BCUT2D eigenvalue weighted by Crippen LogP contribution is 2.35. The fourth-order valence-electron chi connectivity index (χ4n) is 2.08. The van der Waals surface area contributed by atoms with Gasteiger partial charge in [-0.3, -0.25) is 4.79 Å². The largest absolute Gasteiger partial charge is 0.481 e. The van der Waals surface area contributed by atoms with E-state index in [1.54, 1.807) is 18.2 Å². The molecule has 0 aliphatic rings. The normalized spacial score (nSPS) is 11.9. The lowest BCUT2D eigenvalue weighted by Crippen LogP contribution is -2.16. The molecule has 2 rings (SSSR count). The molecule has 1 atom stereocenters. The lowest BCUT2D eigenvalue weighted by Gasteiger charge is -2.14. The summed E-state index contributed by atoms with van der Waals surface area (Å²) in [5, 5.41) is 18.4. The monoisotopic (exact) mass is 320 g/mol. The third-order valence-corrected chi connectivity index (χ3v) is 4.50. The zero-order valence-electron chi connectivity index (χ0n) is 11.0. The molecule has 0 fully saturated rings. The first-order chi connectivity index (χ1) is 10.0. The van der Waals surface area contributed by atoms with Crippen LogP contribution in [0.3, 0.4) is 0 Å². The highest BCUT2D eigenvalue weighted by molar-refractivity contribution is 7.16. The van der Waals surface area contributed by atoms with Crippen molar-refractivity contribution in [2.24, 2.45) is 5.73 Å². The van der Waals surface area contributed by atoms with Crippen LogP contribution >= 0.6 is 22.9 Å². The molecule has 21 heavy (non-hydrogen) atoms. The van der Waals surface area contributed by atoms with E-state index in [1.807, 2.05) is 12.1 Å². The van der Waals surface area contributed by atoms with Crippen molar-refractivity contribution >= 4 is 28.9 Å². The Bertz CT molecular complexity index is 706. The lowest BCUT2D eigenvalue weighted by molar-refractivity contribution is -0.137. The molecule has 108 valence electrons. The maximum absolute atomic E-state index is 10.9. The van der Waals surface area contributed by atoms with Gasteiger partial charge in [-0.15, -0.1) is 11.3 Å². The zero-order valence-corrected chi connectivity index (χ0v) is 12.6. The summed E-state index contributed by atoms with van der Waals surface area (Å²) in [6.07, 6.45) is -0.0224. The Morgan fingerprint density at radius 3 is 2.76 bits per heavy atom. The van der Waals surface area contributed by atoms with Crippen LogP contribution < -0.4 is 5.73 Å². The molecule has 0 aliphatic carbocycles. The highest BCUT2D eigenvalue weighted by atomic mass is 35.5. The summed E-state index contributed by atoms with van der Waals surface area (Å²) in [5.41, 5.74) is 7.30. The number of carboxylic acids is 1. The third-order valence-electron chi connectivity index (χ3n) is 3.15. The van der Waals surface area contributed by atoms with Crippen LogP contribution in [0.25, 0.3) is 10.4 Å². The Hall–Kier alpha value is -1.87. The SMILES string of the molecule is N#Cc1ccc(-c2cc([C@H](CN)CC(=O)O)ccc2Cl)s1. The Kier molecular flexibility index (Phi) is 4.97. The number of carbonyl (C=O) groups is 1. The summed E-state index contributed by atoms with van der Waals surface area (Å²) in [6.45, 7) is 0.251. The summed E-state index contributed by atoms with van der Waals surface area (Å²) in [7, 11) is 0. The van der Waals surface area contributed by atoms with Crippen LogP contribution in [0, 0.1) is 11.3 Å². The van der Waals surface area contributed by atoms with Gasteiger partial charge < -0.3 is 10.8 Å². The number of nitrogens with zero attached hydrogens (tertiary/aromatic N) is 1. The number of rotatable bonds is 5. The zero-order chi connectivity index (χ0) is 15.4. The minimum Gasteiger partial charge on any atom is -0.481 e. The molecule has 1 aromatic heterocycles. The fraction of sp³-hybridized carbons (Fsp3) is 0.200. The van der Waals surface area contributed by atoms with Gasteiger partial charge in [0.05, 0.1) is 6.42 Å². The van der Waals surface area contributed by atoms with Crippen LogP contribution in [-0.4, -0.2) is 17.6 Å². The molecule has 6 heteroatoms. The first-order valence-electron chi connectivity index (χ1n) is 6.26. The Morgan fingerprint density at radius 2 is 2.19 bits per heavy atom. The van der Waals surface area contributed by atoms with Crippen molar-refractivity contribution < 1.29 is 9.90 Å². The molecule has 0 spiro atoms. The van der Waals surface area contributed by atoms with Gasteiger partial charge >= 0.3 is 5.97 Å². The van der Waals surface area contributed by atoms with Gasteiger partial charge in [-0.05, 0) is 36.4 Å². The second-order valence-electron chi connectivity index (χ2n) is 4.55. The van der Waals surface area contributed by atoms with Gasteiger partial charge in [-0.2, -0.15) is 5.26 Å². The van der Waals surface area contributed by atoms with Gasteiger partial charge in [0.1, 0.15) is 10.9 Å². The van der Waals surface area contributed by atoms with Crippen molar-refractivity contribution in [3.05, 3.63) is 45.8 Å². The average Bonchev–Trinajstić information content (AvgIpc) is 2.94.